The third kappa shape index (κ3) is 2.57. The lowest BCUT2D eigenvalue weighted by Gasteiger charge is -2.11. The van der Waals surface area contributed by atoms with Crippen LogP contribution in [-0.2, 0) is 11.3 Å². The molecule has 3 aromatic heterocycles. The third-order valence-corrected chi connectivity index (χ3v) is 4.22. The van der Waals surface area contributed by atoms with Crippen molar-refractivity contribution in [1.29, 1.82) is 0 Å². The van der Waals surface area contributed by atoms with E-state index < -0.39 is 0 Å². The van der Waals surface area contributed by atoms with Crippen LogP contribution in [0.15, 0.2) is 30.5 Å². The van der Waals surface area contributed by atoms with Gasteiger partial charge in [-0.3, -0.25) is 9.89 Å². The van der Waals surface area contributed by atoms with E-state index in [1.54, 1.807) is 18.1 Å². The van der Waals surface area contributed by atoms with Crippen molar-refractivity contribution in [2.24, 2.45) is 0 Å². The van der Waals surface area contributed by atoms with E-state index >= 15 is 0 Å². The Bertz CT molecular complexity index is 1080. The predicted octanol–water partition coefficient (Wildman–Crippen LogP) is 2.06. The van der Waals surface area contributed by atoms with Crippen LogP contribution in [0.4, 0.5) is 5.82 Å². The maximum Gasteiger partial charge on any atom is 0.219 e. The van der Waals surface area contributed by atoms with Gasteiger partial charge in [-0.25, -0.2) is 9.97 Å². The summed E-state index contributed by atoms with van der Waals surface area (Å²) in [6.45, 7) is 1.90. The average molecular weight is 335 g/mol. The minimum Gasteiger partial charge on any atom is -0.382 e. The van der Waals surface area contributed by atoms with Gasteiger partial charge in [0.05, 0.1) is 23.3 Å². The summed E-state index contributed by atoms with van der Waals surface area (Å²) in [6.07, 6.45) is 1.78. The Morgan fingerprint density at radius 2 is 2.12 bits per heavy atom. The van der Waals surface area contributed by atoms with Gasteiger partial charge in [-0.05, 0) is 18.2 Å². The average Bonchev–Trinajstić information content (AvgIpc) is 3.24. The lowest BCUT2D eigenvalue weighted by molar-refractivity contribution is -0.128. The molecule has 8 nitrogen and oxygen atoms in total. The Hall–Kier alpha value is -3.42. The Morgan fingerprint density at radius 3 is 2.84 bits per heavy atom. The van der Waals surface area contributed by atoms with Crippen LogP contribution in [0.25, 0.3) is 33.2 Å². The zero-order chi connectivity index (χ0) is 17.6. The van der Waals surface area contributed by atoms with E-state index in [1.807, 2.05) is 24.3 Å². The molecule has 0 saturated heterocycles. The molecule has 1 aromatic carbocycles. The number of nitrogen functional groups attached to an aromatic ring is 1. The minimum absolute atomic E-state index is 0.0277. The van der Waals surface area contributed by atoms with Gasteiger partial charge in [0, 0.05) is 31.1 Å². The number of benzene rings is 1. The molecular weight excluding hydrogens is 318 g/mol. The molecule has 0 unspecified atom stereocenters. The van der Waals surface area contributed by atoms with Crippen molar-refractivity contribution in [3.8, 4) is 11.3 Å². The molecule has 25 heavy (non-hydrogen) atoms. The molecule has 4 rings (SSSR count). The zero-order valence-electron chi connectivity index (χ0n) is 13.9. The third-order valence-electron chi connectivity index (χ3n) is 4.22. The Morgan fingerprint density at radius 1 is 1.28 bits per heavy atom. The lowest BCUT2D eigenvalue weighted by atomic mass is 10.1. The van der Waals surface area contributed by atoms with Crippen molar-refractivity contribution in [2.75, 3.05) is 12.8 Å². The smallest absolute Gasteiger partial charge is 0.219 e. The maximum atomic E-state index is 11.4. The van der Waals surface area contributed by atoms with Gasteiger partial charge < -0.3 is 15.6 Å². The number of hydrogen-bond donors (Lipinski definition) is 3. The number of hydrogen-bond acceptors (Lipinski definition) is 5. The number of amides is 1. The molecule has 0 aliphatic heterocycles. The highest BCUT2D eigenvalue weighted by molar-refractivity contribution is 6.07. The molecule has 0 aliphatic rings. The number of nitrogens with two attached hydrogens (primary N) is 1. The Kier molecular flexibility index (Phi) is 3.38. The number of nitrogens with zero attached hydrogens (tertiary/aromatic N) is 4. The number of H-pyrrole nitrogens is 2. The molecule has 0 aliphatic carbocycles. The largest absolute Gasteiger partial charge is 0.382 e. The van der Waals surface area contributed by atoms with E-state index in [-0.39, 0.29) is 5.91 Å². The van der Waals surface area contributed by atoms with E-state index in [1.165, 1.54) is 6.92 Å². The number of fused-ring (bicyclic) bond motifs is 3. The summed E-state index contributed by atoms with van der Waals surface area (Å²) in [4.78, 5) is 25.3. The van der Waals surface area contributed by atoms with Crippen molar-refractivity contribution in [2.45, 2.75) is 13.5 Å². The number of aromatic nitrogens is 5. The topological polar surface area (TPSA) is 117 Å². The number of nitrogens with one attached hydrogen (secondary N) is 2. The molecule has 3 heterocycles. The number of pyridine rings is 1. The normalized spacial score (nSPS) is 11.3. The van der Waals surface area contributed by atoms with Gasteiger partial charge in [0.25, 0.3) is 0 Å². The quantitative estimate of drug-likeness (QED) is 0.530. The van der Waals surface area contributed by atoms with Gasteiger partial charge in [0.1, 0.15) is 11.3 Å². The predicted molar refractivity (Wildman–Crippen MR) is 95.5 cm³/mol. The summed E-state index contributed by atoms with van der Waals surface area (Å²) < 4.78 is 0. The molecule has 4 N–H and O–H groups in total. The first kappa shape index (κ1) is 15.1. The van der Waals surface area contributed by atoms with Crippen LogP contribution in [-0.4, -0.2) is 43.0 Å². The number of imidazole rings is 1. The maximum absolute atomic E-state index is 11.4. The summed E-state index contributed by atoms with van der Waals surface area (Å²) in [6, 6.07) is 7.81. The van der Waals surface area contributed by atoms with Crippen LogP contribution in [0.3, 0.4) is 0 Å². The number of aromatic amines is 2. The van der Waals surface area contributed by atoms with Gasteiger partial charge in [-0.1, -0.05) is 6.07 Å². The molecule has 8 heteroatoms. The standard InChI is InChI=1S/C17H17N7O/c1-9(25)24(2)8-14-21-15-11-4-3-10(12-5-6-19-23-12)7-13(11)20-17(18)16(15)22-14/h3-7H,8H2,1-2H3,(H2,18,20)(H,19,23)(H,21,22). The highest BCUT2D eigenvalue weighted by Crippen LogP contribution is 2.29. The summed E-state index contributed by atoms with van der Waals surface area (Å²) in [5, 5.41) is 7.92. The Balaban J connectivity index is 1.85. The van der Waals surface area contributed by atoms with E-state index in [9.17, 15) is 4.79 Å². The molecule has 1 amide bonds. The molecule has 4 aromatic rings. The number of carbonyl (C=O) groups is 1. The van der Waals surface area contributed by atoms with Gasteiger partial charge in [-0.15, -0.1) is 0 Å². The highest BCUT2D eigenvalue weighted by Gasteiger charge is 2.14. The minimum atomic E-state index is -0.0277. The summed E-state index contributed by atoms with van der Waals surface area (Å²) >= 11 is 0. The highest BCUT2D eigenvalue weighted by atomic mass is 16.2. The fourth-order valence-electron chi connectivity index (χ4n) is 2.81. The van der Waals surface area contributed by atoms with E-state index in [0.717, 1.165) is 27.7 Å². The molecule has 0 saturated carbocycles. The van der Waals surface area contributed by atoms with Crippen LogP contribution < -0.4 is 5.73 Å². The molecule has 0 radical (unpaired) electrons. The van der Waals surface area contributed by atoms with Gasteiger partial charge in [-0.2, -0.15) is 5.10 Å². The molecule has 0 spiro atoms. The number of carbonyl (C=O) groups excluding carboxylic acids is 1. The zero-order valence-corrected chi connectivity index (χ0v) is 13.9. The van der Waals surface area contributed by atoms with E-state index in [0.29, 0.717) is 23.7 Å². The van der Waals surface area contributed by atoms with Gasteiger partial charge >= 0.3 is 0 Å². The second-order valence-corrected chi connectivity index (χ2v) is 5.97. The SMILES string of the molecule is CC(=O)N(C)Cc1nc2c(N)nc3cc(-c4cc[nH]n4)ccc3c2[nH]1. The first-order valence-electron chi connectivity index (χ1n) is 7.82. The molecule has 0 atom stereocenters. The summed E-state index contributed by atoms with van der Waals surface area (Å²) in [5.74, 6) is 1.000. The van der Waals surface area contributed by atoms with Gasteiger partial charge in [0.15, 0.2) is 5.82 Å². The second kappa shape index (κ2) is 5.59. The molecular formula is C17H17N7O. The second-order valence-electron chi connectivity index (χ2n) is 5.97. The van der Waals surface area contributed by atoms with Crippen molar-refractivity contribution in [3.63, 3.8) is 0 Å². The number of rotatable bonds is 3. The fourth-order valence-corrected chi connectivity index (χ4v) is 2.81. The fraction of sp³-hybridized carbons (Fsp3) is 0.176. The first-order valence-corrected chi connectivity index (χ1v) is 7.82. The van der Waals surface area contributed by atoms with Crippen molar-refractivity contribution in [3.05, 3.63) is 36.3 Å². The summed E-state index contributed by atoms with van der Waals surface area (Å²) in [7, 11) is 1.73. The first-order chi connectivity index (χ1) is 12.0. The van der Waals surface area contributed by atoms with Crippen LogP contribution in [0, 0.1) is 0 Å². The molecule has 0 bridgehead atoms. The van der Waals surface area contributed by atoms with Gasteiger partial charge in [0.2, 0.25) is 5.91 Å². The van der Waals surface area contributed by atoms with Crippen molar-refractivity contribution in [1.82, 2.24) is 30.0 Å². The van der Waals surface area contributed by atoms with Crippen molar-refractivity contribution < 1.29 is 4.79 Å². The van der Waals surface area contributed by atoms with E-state index in [2.05, 4.69) is 25.1 Å². The summed E-state index contributed by atoms with van der Waals surface area (Å²) in [5.41, 5.74) is 10.1. The van der Waals surface area contributed by atoms with E-state index in [4.69, 9.17) is 5.73 Å². The van der Waals surface area contributed by atoms with Crippen LogP contribution in [0.2, 0.25) is 0 Å². The van der Waals surface area contributed by atoms with Crippen molar-refractivity contribution >= 4 is 33.7 Å². The van der Waals surface area contributed by atoms with Crippen LogP contribution in [0.5, 0.6) is 0 Å². The molecule has 0 fully saturated rings. The number of anilines is 1. The monoisotopic (exact) mass is 335 g/mol. The lowest BCUT2D eigenvalue weighted by Crippen LogP contribution is -2.23. The van der Waals surface area contributed by atoms with Crippen LogP contribution >= 0.6 is 0 Å². The van der Waals surface area contributed by atoms with Crippen LogP contribution in [0.1, 0.15) is 12.7 Å². The molecule has 126 valence electrons. The Labute approximate surface area is 143 Å².